The second kappa shape index (κ2) is 5.57. The van der Waals surface area contributed by atoms with Gasteiger partial charge in [-0.15, -0.1) is 0 Å². The molecule has 0 fully saturated rings. The summed E-state index contributed by atoms with van der Waals surface area (Å²) in [4.78, 5) is 4.37. The number of ether oxygens (including phenoxy) is 1. The maximum absolute atomic E-state index is 5.16. The molecular weight excluding hydrogens is 246 g/mol. The summed E-state index contributed by atoms with van der Waals surface area (Å²) < 4.78 is 5.16. The van der Waals surface area contributed by atoms with Crippen molar-refractivity contribution in [3.05, 3.63) is 71.9 Å². The maximum atomic E-state index is 5.16. The SMILES string of the molecule is COc1ccc(/C=C/c2ccnc3ccccc23)cc1. The Morgan fingerprint density at radius 1 is 0.900 bits per heavy atom. The topological polar surface area (TPSA) is 22.1 Å². The minimum Gasteiger partial charge on any atom is -0.497 e. The zero-order valence-electron chi connectivity index (χ0n) is 11.3. The van der Waals surface area contributed by atoms with Crippen molar-refractivity contribution >= 4 is 23.1 Å². The molecule has 0 bridgehead atoms. The van der Waals surface area contributed by atoms with Crippen molar-refractivity contribution in [3.63, 3.8) is 0 Å². The number of para-hydroxylation sites is 1. The van der Waals surface area contributed by atoms with Gasteiger partial charge >= 0.3 is 0 Å². The molecule has 0 unspecified atom stereocenters. The van der Waals surface area contributed by atoms with E-state index in [1.165, 1.54) is 10.9 Å². The Hall–Kier alpha value is -2.61. The van der Waals surface area contributed by atoms with Crippen molar-refractivity contribution in [3.8, 4) is 5.75 Å². The number of hydrogen-bond donors (Lipinski definition) is 0. The number of rotatable bonds is 3. The summed E-state index contributed by atoms with van der Waals surface area (Å²) in [6.07, 6.45) is 6.06. The Balaban J connectivity index is 1.93. The van der Waals surface area contributed by atoms with Crippen LogP contribution < -0.4 is 4.74 Å². The lowest BCUT2D eigenvalue weighted by Crippen LogP contribution is -1.82. The fraction of sp³-hybridized carbons (Fsp3) is 0.0556. The third-order valence-electron chi connectivity index (χ3n) is 3.25. The van der Waals surface area contributed by atoms with Crippen LogP contribution in [0.15, 0.2) is 60.8 Å². The van der Waals surface area contributed by atoms with E-state index in [-0.39, 0.29) is 0 Å². The molecule has 0 saturated heterocycles. The largest absolute Gasteiger partial charge is 0.497 e. The van der Waals surface area contributed by atoms with Crippen LogP contribution >= 0.6 is 0 Å². The van der Waals surface area contributed by atoms with Crippen molar-refractivity contribution in [2.45, 2.75) is 0 Å². The summed E-state index contributed by atoms with van der Waals surface area (Å²) >= 11 is 0. The number of pyridine rings is 1. The molecule has 0 radical (unpaired) electrons. The van der Waals surface area contributed by atoms with Crippen molar-refractivity contribution in [1.29, 1.82) is 0 Å². The van der Waals surface area contributed by atoms with Crippen LogP contribution in [0.2, 0.25) is 0 Å². The summed E-state index contributed by atoms with van der Waals surface area (Å²) in [5.74, 6) is 0.872. The Morgan fingerprint density at radius 3 is 2.50 bits per heavy atom. The van der Waals surface area contributed by atoms with E-state index >= 15 is 0 Å². The summed E-state index contributed by atoms with van der Waals surface area (Å²) in [7, 11) is 1.67. The highest BCUT2D eigenvalue weighted by atomic mass is 16.5. The molecule has 0 aliphatic heterocycles. The first kappa shape index (κ1) is 12.4. The highest BCUT2D eigenvalue weighted by molar-refractivity contribution is 5.90. The summed E-state index contributed by atoms with van der Waals surface area (Å²) in [5, 5.41) is 1.17. The first-order chi connectivity index (χ1) is 9.86. The molecule has 0 aliphatic rings. The van der Waals surface area contributed by atoms with Crippen molar-refractivity contribution < 1.29 is 4.74 Å². The Bertz CT molecular complexity index is 739. The van der Waals surface area contributed by atoms with Crippen LogP contribution in [0.1, 0.15) is 11.1 Å². The highest BCUT2D eigenvalue weighted by Gasteiger charge is 1.97. The van der Waals surface area contributed by atoms with E-state index in [2.05, 4.69) is 23.2 Å². The molecule has 2 aromatic carbocycles. The van der Waals surface area contributed by atoms with Crippen LogP contribution in [0.4, 0.5) is 0 Å². The third-order valence-corrected chi connectivity index (χ3v) is 3.25. The standard InChI is InChI=1S/C18H15NO/c1-20-16-10-7-14(8-11-16)6-9-15-12-13-19-18-5-3-2-4-17(15)18/h2-13H,1H3/b9-6+. The molecule has 98 valence electrons. The smallest absolute Gasteiger partial charge is 0.118 e. The molecule has 20 heavy (non-hydrogen) atoms. The zero-order chi connectivity index (χ0) is 13.8. The van der Waals surface area contributed by atoms with E-state index in [9.17, 15) is 0 Å². The van der Waals surface area contributed by atoms with Gasteiger partial charge in [0.2, 0.25) is 0 Å². The first-order valence-corrected chi connectivity index (χ1v) is 6.53. The average Bonchev–Trinajstić information content (AvgIpc) is 2.53. The van der Waals surface area contributed by atoms with E-state index in [4.69, 9.17) is 4.74 Å². The summed E-state index contributed by atoms with van der Waals surface area (Å²) in [5.41, 5.74) is 3.34. The number of hydrogen-bond acceptors (Lipinski definition) is 2. The van der Waals surface area contributed by atoms with Gasteiger partial charge < -0.3 is 4.74 Å². The predicted molar refractivity (Wildman–Crippen MR) is 83.7 cm³/mol. The molecule has 0 atom stereocenters. The van der Waals surface area contributed by atoms with Gasteiger partial charge in [-0.25, -0.2) is 0 Å². The Morgan fingerprint density at radius 2 is 1.70 bits per heavy atom. The van der Waals surface area contributed by atoms with E-state index < -0.39 is 0 Å². The normalized spacial score (nSPS) is 11.1. The van der Waals surface area contributed by atoms with Crippen molar-refractivity contribution in [2.75, 3.05) is 7.11 Å². The van der Waals surface area contributed by atoms with Gasteiger partial charge in [-0.2, -0.15) is 0 Å². The number of methoxy groups -OCH3 is 1. The molecule has 2 heteroatoms. The molecule has 0 N–H and O–H groups in total. The molecule has 1 heterocycles. The van der Waals surface area contributed by atoms with Crippen LogP contribution in [0.25, 0.3) is 23.1 Å². The summed E-state index contributed by atoms with van der Waals surface area (Å²) in [6, 6.07) is 18.2. The van der Waals surface area contributed by atoms with Gasteiger partial charge in [-0.05, 0) is 35.4 Å². The van der Waals surface area contributed by atoms with Gasteiger partial charge in [0.05, 0.1) is 12.6 Å². The number of aromatic nitrogens is 1. The van der Waals surface area contributed by atoms with Gasteiger partial charge in [0.1, 0.15) is 5.75 Å². The predicted octanol–water partition coefficient (Wildman–Crippen LogP) is 4.41. The molecule has 1 aromatic heterocycles. The number of fused-ring (bicyclic) bond motifs is 1. The molecule has 0 saturated carbocycles. The second-order valence-electron chi connectivity index (χ2n) is 4.52. The molecule has 0 amide bonds. The molecule has 2 nitrogen and oxygen atoms in total. The Kier molecular flexibility index (Phi) is 3.46. The van der Waals surface area contributed by atoms with Gasteiger partial charge in [0.15, 0.2) is 0 Å². The van der Waals surface area contributed by atoms with Gasteiger partial charge in [0, 0.05) is 11.6 Å². The van der Waals surface area contributed by atoms with Crippen LogP contribution in [-0.4, -0.2) is 12.1 Å². The maximum Gasteiger partial charge on any atom is 0.118 e. The molecule has 3 rings (SSSR count). The first-order valence-electron chi connectivity index (χ1n) is 6.53. The second-order valence-corrected chi connectivity index (χ2v) is 4.52. The lowest BCUT2D eigenvalue weighted by Gasteiger charge is -2.01. The van der Waals surface area contributed by atoms with Crippen LogP contribution in [-0.2, 0) is 0 Å². The van der Waals surface area contributed by atoms with E-state index in [1.807, 2.05) is 54.7 Å². The quantitative estimate of drug-likeness (QED) is 0.696. The fourth-order valence-electron chi connectivity index (χ4n) is 2.16. The fourth-order valence-corrected chi connectivity index (χ4v) is 2.16. The molecule has 0 aliphatic carbocycles. The van der Waals surface area contributed by atoms with Gasteiger partial charge in [-0.3, -0.25) is 4.98 Å². The van der Waals surface area contributed by atoms with Gasteiger partial charge in [0.25, 0.3) is 0 Å². The van der Waals surface area contributed by atoms with Crippen LogP contribution in [0.3, 0.4) is 0 Å². The molecular formula is C18H15NO. The lowest BCUT2D eigenvalue weighted by atomic mass is 10.1. The minimum atomic E-state index is 0.872. The highest BCUT2D eigenvalue weighted by Crippen LogP contribution is 2.19. The van der Waals surface area contributed by atoms with E-state index in [0.717, 1.165) is 16.8 Å². The Labute approximate surface area is 118 Å². The van der Waals surface area contributed by atoms with Crippen LogP contribution in [0.5, 0.6) is 5.75 Å². The average molecular weight is 261 g/mol. The monoisotopic (exact) mass is 261 g/mol. The van der Waals surface area contributed by atoms with Crippen molar-refractivity contribution in [2.24, 2.45) is 0 Å². The summed E-state index contributed by atoms with van der Waals surface area (Å²) in [6.45, 7) is 0. The zero-order valence-corrected chi connectivity index (χ0v) is 11.3. The van der Waals surface area contributed by atoms with Gasteiger partial charge in [-0.1, -0.05) is 42.5 Å². The third kappa shape index (κ3) is 2.54. The van der Waals surface area contributed by atoms with E-state index in [0.29, 0.717) is 0 Å². The van der Waals surface area contributed by atoms with E-state index in [1.54, 1.807) is 7.11 Å². The van der Waals surface area contributed by atoms with Crippen molar-refractivity contribution in [1.82, 2.24) is 4.98 Å². The molecule has 3 aromatic rings. The number of nitrogens with zero attached hydrogens (tertiary/aromatic N) is 1. The minimum absolute atomic E-state index is 0.872. The molecule has 0 spiro atoms. The van der Waals surface area contributed by atoms with Crippen LogP contribution in [0, 0.1) is 0 Å². The number of benzene rings is 2. The lowest BCUT2D eigenvalue weighted by molar-refractivity contribution is 0.415.